The zero-order valence-electron chi connectivity index (χ0n) is 17.9. The molecule has 2 N–H and O–H groups in total. The van der Waals surface area contributed by atoms with Crippen LogP contribution in [-0.4, -0.2) is 65.8 Å². The van der Waals surface area contributed by atoms with Crippen molar-refractivity contribution in [3.63, 3.8) is 0 Å². The minimum Gasteiger partial charge on any atom is -0.379 e. The molecule has 0 aliphatic carbocycles. The van der Waals surface area contributed by atoms with Crippen LogP contribution in [0.2, 0.25) is 0 Å². The van der Waals surface area contributed by atoms with E-state index >= 15 is 0 Å². The summed E-state index contributed by atoms with van der Waals surface area (Å²) in [6, 6.07) is 8.94. The summed E-state index contributed by atoms with van der Waals surface area (Å²) >= 11 is 0. The predicted octanol–water partition coefficient (Wildman–Crippen LogP) is 2.55. The van der Waals surface area contributed by atoms with Crippen LogP contribution in [0.15, 0.2) is 53.9 Å². The van der Waals surface area contributed by atoms with Gasteiger partial charge < -0.3 is 15.4 Å². The van der Waals surface area contributed by atoms with E-state index in [1.807, 2.05) is 18.3 Å². The fourth-order valence-corrected chi connectivity index (χ4v) is 4.21. The third kappa shape index (κ3) is 5.36. The third-order valence-corrected chi connectivity index (χ3v) is 6.33. The van der Waals surface area contributed by atoms with E-state index in [0.29, 0.717) is 17.5 Å². The highest BCUT2D eigenvalue weighted by molar-refractivity contribution is 7.90. The van der Waals surface area contributed by atoms with Gasteiger partial charge in [0.1, 0.15) is 34.5 Å². The summed E-state index contributed by atoms with van der Waals surface area (Å²) in [5.41, 5.74) is 1.13. The van der Waals surface area contributed by atoms with E-state index in [4.69, 9.17) is 4.74 Å². The van der Waals surface area contributed by atoms with Gasteiger partial charge in [0.05, 0.1) is 13.2 Å². The van der Waals surface area contributed by atoms with Gasteiger partial charge in [0, 0.05) is 43.8 Å². The van der Waals surface area contributed by atoms with Gasteiger partial charge in [-0.05, 0) is 30.7 Å². The highest BCUT2D eigenvalue weighted by Gasteiger charge is 2.19. The highest BCUT2D eigenvalue weighted by atomic mass is 32.2. The first kappa shape index (κ1) is 22.1. The average molecular weight is 456 g/mol. The number of nitrogens with zero attached hydrogens (tertiary/aromatic N) is 5. The summed E-state index contributed by atoms with van der Waals surface area (Å²) in [5.74, 6) is 1.77. The lowest BCUT2D eigenvalue weighted by Crippen LogP contribution is -2.38. The summed E-state index contributed by atoms with van der Waals surface area (Å²) < 4.78 is 29.4. The Balaban J connectivity index is 1.45. The first-order chi connectivity index (χ1) is 15.4. The molecule has 0 aromatic carbocycles. The van der Waals surface area contributed by atoms with Crippen molar-refractivity contribution in [2.24, 2.45) is 0 Å². The van der Waals surface area contributed by atoms with Crippen LogP contribution in [0.1, 0.15) is 18.5 Å². The lowest BCUT2D eigenvalue weighted by atomic mass is 10.1. The molecular formula is C21H25N7O3S. The van der Waals surface area contributed by atoms with Gasteiger partial charge in [0.2, 0.25) is 0 Å². The van der Waals surface area contributed by atoms with Crippen LogP contribution >= 0.6 is 0 Å². The fourth-order valence-electron chi connectivity index (χ4n) is 3.43. The normalized spacial score (nSPS) is 15.8. The SMILES string of the molecule is C[C@H](c1ccc(Nc2cc(Nc3ncccc3S(C)(=O)=O)ncn2)nc1)N1CCOCC1. The molecule has 1 aliphatic heterocycles. The molecule has 3 aromatic heterocycles. The molecule has 0 bridgehead atoms. The number of aromatic nitrogens is 4. The zero-order chi connectivity index (χ0) is 22.6. The molecule has 0 unspecified atom stereocenters. The summed E-state index contributed by atoms with van der Waals surface area (Å²) in [7, 11) is -3.44. The predicted molar refractivity (Wildman–Crippen MR) is 121 cm³/mol. The standard InChI is InChI=1S/C21H25N7O3S/c1-15(28-8-10-31-11-9-28)16-5-6-18(23-13-16)26-19-12-20(25-14-24-19)27-21-17(32(2,29)30)4-3-7-22-21/h3-7,12-15H,8-11H2,1-2H3,(H2,22,23,24,25,26,27)/t15-/m1/s1. The molecule has 1 fully saturated rings. The van der Waals surface area contributed by atoms with E-state index in [1.54, 1.807) is 12.1 Å². The molecular weight excluding hydrogens is 430 g/mol. The summed E-state index contributed by atoms with van der Waals surface area (Å²) in [4.78, 5) is 19.5. The van der Waals surface area contributed by atoms with Crippen molar-refractivity contribution >= 4 is 33.1 Å². The number of sulfone groups is 1. The Hall–Kier alpha value is -3.15. The van der Waals surface area contributed by atoms with Gasteiger partial charge in [-0.1, -0.05) is 6.07 Å². The quantitative estimate of drug-likeness (QED) is 0.549. The first-order valence-corrected chi connectivity index (χ1v) is 12.1. The van der Waals surface area contributed by atoms with E-state index < -0.39 is 9.84 Å². The number of nitrogens with one attached hydrogen (secondary N) is 2. The number of pyridine rings is 2. The molecule has 10 nitrogen and oxygen atoms in total. The van der Waals surface area contributed by atoms with E-state index in [0.717, 1.165) is 38.1 Å². The fraction of sp³-hybridized carbons (Fsp3) is 0.333. The monoisotopic (exact) mass is 455 g/mol. The Labute approximate surface area is 187 Å². The zero-order valence-corrected chi connectivity index (χ0v) is 18.7. The summed E-state index contributed by atoms with van der Waals surface area (Å²) in [6.45, 7) is 5.50. The second kappa shape index (κ2) is 9.55. The van der Waals surface area contributed by atoms with Crippen LogP contribution in [-0.2, 0) is 14.6 Å². The van der Waals surface area contributed by atoms with Crippen molar-refractivity contribution in [2.75, 3.05) is 43.2 Å². The van der Waals surface area contributed by atoms with Crippen molar-refractivity contribution in [1.29, 1.82) is 0 Å². The van der Waals surface area contributed by atoms with Gasteiger partial charge in [-0.3, -0.25) is 4.90 Å². The molecule has 168 valence electrons. The Morgan fingerprint density at radius 1 is 1.00 bits per heavy atom. The molecule has 32 heavy (non-hydrogen) atoms. The molecule has 0 saturated carbocycles. The molecule has 0 spiro atoms. The number of rotatable bonds is 7. The maximum absolute atomic E-state index is 12.0. The van der Waals surface area contributed by atoms with Crippen LogP contribution < -0.4 is 10.6 Å². The Kier molecular flexibility index (Phi) is 6.58. The van der Waals surface area contributed by atoms with Crippen molar-refractivity contribution in [1.82, 2.24) is 24.8 Å². The Bertz CT molecular complexity index is 1170. The number of hydrogen-bond acceptors (Lipinski definition) is 10. The van der Waals surface area contributed by atoms with Gasteiger partial charge in [0.25, 0.3) is 0 Å². The number of anilines is 4. The van der Waals surface area contributed by atoms with E-state index in [1.165, 1.54) is 18.6 Å². The van der Waals surface area contributed by atoms with E-state index in [-0.39, 0.29) is 16.8 Å². The maximum atomic E-state index is 12.0. The van der Waals surface area contributed by atoms with Crippen LogP contribution in [0.25, 0.3) is 0 Å². The topological polar surface area (TPSA) is 122 Å². The van der Waals surface area contributed by atoms with Crippen LogP contribution in [0.5, 0.6) is 0 Å². The van der Waals surface area contributed by atoms with Crippen LogP contribution in [0.3, 0.4) is 0 Å². The molecule has 1 atom stereocenters. The second-order valence-corrected chi connectivity index (χ2v) is 9.45. The van der Waals surface area contributed by atoms with Crippen molar-refractivity contribution in [2.45, 2.75) is 17.9 Å². The van der Waals surface area contributed by atoms with Gasteiger partial charge >= 0.3 is 0 Å². The smallest absolute Gasteiger partial charge is 0.179 e. The van der Waals surface area contributed by atoms with Gasteiger partial charge in [-0.25, -0.2) is 28.4 Å². The first-order valence-electron chi connectivity index (χ1n) is 10.2. The third-order valence-electron chi connectivity index (χ3n) is 5.20. The van der Waals surface area contributed by atoms with Gasteiger partial charge in [-0.2, -0.15) is 0 Å². The molecule has 0 amide bonds. The van der Waals surface area contributed by atoms with Gasteiger partial charge in [0.15, 0.2) is 9.84 Å². The number of morpholine rings is 1. The van der Waals surface area contributed by atoms with E-state index in [2.05, 4.69) is 42.4 Å². The number of ether oxygens (including phenoxy) is 1. The van der Waals surface area contributed by atoms with E-state index in [9.17, 15) is 8.42 Å². The van der Waals surface area contributed by atoms with Crippen molar-refractivity contribution < 1.29 is 13.2 Å². The molecule has 1 saturated heterocycles. The maximum Gasteiger partial charge on any atom is 0.179 e. The largest absolute Gasteiger partial charge is 0.379 e. The molecule has 0 radical (unpaired) electrons. The van der Waals surface area contributed by atoms with Crippen LogP contribution in [0.4, 0.5) is 23.3 Å². The van der Waals surface area contributed by atoms with Crippen LogP contribution in [0, 0.1) is 0 Å². The molecule has 11 heteroatoms. The Morgan fingerprint density at radius 3 is 2.44 bits per heavy atom. The second-order valence-electron chi connectivity index (χ2n) is 7.46. The highest BCUT2D eigenvalue weighted by Crippen LogP contribution is 2.24. The number of hydrogen-bond donors (Lipinski definition) is 2. The molecule has 4 heterocycles. The summed E-state index contributed by atoms with van der Waals surface area (Å²) in [5, 5.41) is 6.09. The van der Waals surface area contributed by atoms with Crippen molar-refractivity contribution in [3.8, 4) is 0 Å². The molecule has 1 aliphatic rings. The average Bonchev–Trinajstić information content (AvgIpc) is 2.80. The minimum absolute atomic E-state index is 0.0970. The molecule has 4 rings (SSSR count). The molecule has 3 aromatic rings. The lowest BCUT2D eigenvalue weighted by Gasteiger charge is -2.32. The van der Waals surface area contributed by atoms with Crippen molar-refractivity contribution in [3.05, 3.63) is 54.6 Å². The lowest BCUT2D eigenvalue weighted by molar-refractivity contribution is 0.0198. The van der Waals surface area contributed by atoms with Gasteiger partial charge in [-0.15, -0.1) is 0 Å². The Morgan fingerprint density at radius 2 is 1.75 bits per heavy atom. The minimum atomic E-state index is -3.44. The summed E-state index contributed by atoms with van der Waals surface area (Å²) in [6.07, 6.45) is 5.88.